The van der Waals surface area contributed by atoms with E-state index in [2.05, 4.69) is 16.0 Å². The minimum atomic E-state index is -4.89. The van der Waals surface area contributed by atoms with Crippen LogP contribution in [0.25, 0.3) is 11.1 Å². The normalized spacial score (nSPS) is 13.1. The molecule has 0 spiro atoms. The second-order valence-electron chi connectivity index (χ2n) is 12.6. The van der Waals surface area contributed by atoms with Gasteiger partial charge in [-0.1, -0.05) is 68.4 Å². The fourth-order valence-corrected chi connectivity index (χ4v) is 6.55. The van der Waals surface area contributed by atoms with Gasteiger partial charge in [-0.25, -0.2) is 9.59 Å². The van der Waals surface area contributed by atoms with E-state index < -0.39 is 68.6 Å². The summed E-state index contributed by atoms with van der Waals surface area (Å²) in [5, 5.41) is 18.4. The van der Waals surface area contributed by atoms with E-state index in [9.17, 15) is 42.3 Å². The Kier molecular flexibility index (Phi) is 11.9. The molecule has 0 aromatic heterocycles. The number of anilines is 1. The SMILES string of the molecule is CC(C)[C@H](NC(=O)OCC1c2ccccc2-c2ccccc21)C(=O)N[C@@H](C)C(=O)Nc1ccc(COC(=O)Oc2ccc([N+](=O)[O-])cc2)c(S(=O)(=O)O)c1. The van der Waals surface area contributed by atoms with E-state index in [4.69, 9.17) is 14.2 Å². The first kappa shape index (κ1) is 38.9. The van der Waals surface area contributed by atoms with Gasteiger partial charge in [-0.2, -0.15) is 8.42 Å². The van der Waals surface area contributed by atoms with Crippen molar-refractivity contribution < 1.29 is 51.3 Å². The second kappa shape index (κ2) is 16.6. The van der Waals surface area contributed by atoms with Gasteiger partial charge in [0.1, 0.15) is 35.9 Å². The predicted molar refractivity (Wildman–Crippen MR) is 193 cm³/mol. The number of amides is 3. The summed E-state index contributed by atoms with van der Waals surface area (Å²) >= 11 is 0. The number of rotatable bonds is 13. The van der Waals surface area contributed by atoms with Crippen LogP contribution in [0.2, 0.25) is 0 Å². The molecule has 17 heteroatoms. The summed E-state index contributed by atoms with van der Waals surface area (Å²) in [6, 6.07) is 21.4. The maximum absolute atomic E-state index is 13.2. The van der Waals surface area contributed by atoms with Gasteiger partial charge in [0, 0.05) is 29.3 Å². The summed E-state index contributed by atoms with van der Waals surface area (Å²) in [5.74, 6) is -2.10. The Morgan fingerprint density at radius 2 is 1.44 bits per heavy atom. The van der Waals surface area contributed by atoms with E-state index in [1.54, 1.807) is 13.8 Å². The van der Waals surface area contributed by atoms with Crippen LogP contribution < -0.4 is 20.7 Å². The number of benzene rings is 4. The van der Waals surface area contributed by atoms with E-state index >= 15 is 0 Å². The number of nitrogens with zero attached hydrogens (tertiary/aromatic N) is 1. The van der Waals surface area contributed by atoms with E-state index in [-0.39, 0.29) is 35.2 Å². The zero-order chi connectivity index (χ0) is 39.2. The maximum atomic E-state index is 13.2. The molecule has 0 aliphatic heterocycles. The number of nitro benzene ring substituents is 1. The first-order valence-electron chi connectivity index (χ1n) is 16.5. The molecule has 282 valence electrons. The van der Waals surface area contributed by atoms with Crippen molar-refractivity contribution in [2.75, 3.05) is 11.9 Å². The molecule has 3 amide bonds. The van der Waals surface area contributed by atoms with Gasteiger partial charge in [-0.3, -0.25) is 24.3 Å². The molecule has 0 fully saturated rings. The monoisotopic (exact) mass is 760 g/mol. The summed E-state index contributed by atoms with van der Waals surface area (Å²) in [5.41, 5.74) is 3.69. The van der Waals surface area contributed by atoms with Crippen molar-refractivity contribution in [2.45, 2.75) is 50.3 Å². The minimum absolute atomic E-state index is 0.0355. The third kappa shape index (κ3) is 9.36. The lowest BCUT2D eigenvalue weighted by Crippen LogP contribution is -2.53. The summed E-state index contributed by atoms with van der Waals surface area (Å²) in [6.45, 7) is 4.15. The van der Waals surface area contributed by atoms with Crippen molar-refractivity contribution in [1.82, 2.24) is 10.6 Å². The number of fused-ring (bicyclic) bond motifs is 3. The molecule has 5 rings (SSSR count). The molecule has 0 bridgehead atoms. The number of carbonyl (C=O) groups excluding carboxylic acids is 4. The van der Waals surface area contributed by atoms with Crippen LogP contribution in [0.1, 0.15) is 43.4 Å². The topological polar surface area (TPSA) is 230 Å². The van der Waals surface area contributed by atoms with Crippen LogP contribution in [-0.4, -0.2) is 60.6 Å². The largest absolute Gasteiger partial charge is 0.514 e. The highest BCUT2D eigenvalue weighted by atomic mass is 32.2. The quantitative estimate of drug-likeness (QED) is 0.0431. The zero-order valence-electron chi connectivity index (χ0n) is 29.2. The Bertz CT molecular complexity index is 2150. The molecule has 0 saturated carbocycles. The zero-order valence-corrected chi connectivity index (χ0v) is 30.0. The summed E-state index contributed by atoms with van der Waals surface area (Å²) < 4.78 is 49.6. The van der Waals surface area contributed by atoms with Crippen LogP contribution in [0.3, 0.4) is 0 Å². The second-order valence-corrected chi connectivity index (χ2v) is 14.0. The van der Waals surface area contributed by atoms with E-state index in [0.717, 1.165) is 52.6 Å². The molecule has 1 aliphatic carbocycles. The van der Waals surface area contributed by atoms with Gasteiger partial charge in [0.2, 0.25) is 11.8 Å². The maximum Gasteiger partial charge on any atom is 0.514 e. The van der Waals surface area contributed by atoms with Gasteiger partial charge < -0.3 is 30.2 Å². The smallest absolute Gasteiger partial charge is 0.449 e. The summed E-state index contributed by atoms with van der Waals surface area (Å²) in [7, 11) is -4.89. The highest BCUT2D eigenvalue weighted by molar-refractivity contribution is 7.85. The summed E-state index contributed by atoms with van der Waals surface area (Å²) in [6.07, 6.45) is -2.08. The van der Waals surface area contributed by atoms with Crippen LogP contribution in [-0.2, 0) is 35.8 Å². The average Bonchev–Trinajstić information content (AvgIpc) is 3.45. The van der Waals surface area contributed by atoms with Crippen molar-refractivity contribution in [3.63, 3.8) is 0 Å². The average molecular weight is 761 g/mol. The van der Waals surface area contributed by atoms with Crippen molar-refractivity contribution in [3.8, 4) is 16.9 Å². The highest BCUT2D eigenvalue weighted by Crippen LogP contribution is 2.44. The van der Waals surface area contributed by atoms with Crippen LogP contribution in [0.15, 0.2) is 95.9 Å². The number of carbonyl (C=O) groups is 4. The van der Waals surface area contributed by atoms with Gasteiger partial charge in [-0.15, -0.1) is 0 Å². The van der Waals surface area contributed by atoms with Gasteiger partial charge in [-0.05, 0) is 59.4 Å². The molecule has 0 saturated heterocycles. The number of nitrogens with one attached hydrogen (secondary N) is 3. The Morgan fingerprint density at radius 1 is 0.833 bits per heavy atom. The third-order valence-electron chi connectivity index (χ3n) is 8.53. The van der Waals surface area contributed by atoms with Gasteiger partial charge in [0.05, 0.1) is 4.92 Å². The molecule has 4 aromatic carbocycles. The van der Waals surface area contributed by atoms with Crippen LogP contribution in [0, 0.1) is 16.0 Å². The first-order valence-corrected chi connectivity index (χ1v) is 18.0. The molecule has 4 aromatic rings. The molecule has 16 nitrogen and oxygen atoms in total. The van der Waals surface area contributed by atoms with Gasteiger partial charge >= 0.3 is 12.2 Å². The number of alkyl carbamates (subject to hydrolysis) is 1. The third-order valence-corrected chi connectivity index (χ3v) is 9.46. The number of hydrogen-bond donors (Lipinski definition) is 4. The van der Waals surface area contributed by atoms with Crippen molar-refractivity contribution in [2.24, 2.45) is 5.92 Å². The minimum Gasteiger partial charge on any atom is -0.449 e. The Hall–Kier alpha value is -6.33. The Balaban J connectivity index is 1.15. The molecule has 0 unspecified atom stereocenters. The molecule has 1 aliphatic rings. The lowest BCUT2D eigenvalue weighted by atomic mass is 9.98. The van der Waals surface area contributed by atoms with Crippen molar-refractivity contribution >= 4 is 45.6 Å². The predicted octanol–water partition coefficient (Wildman–Crippen LogP) is 5.56. The number of hydrogen-bond acceptors (Lipinski definition) is 11. The molecule has 54 heavy (non-hydrogen) atoms. The lowest BCUT2D eigenvalue weighted by molar-refractivity contribution is -0.384. The van der Waals surface area contributed by atoms with E-state index in [1.165, 1.54) is 19.1 Å². The fourth-order valence-electron chi connectivity index (χ4n) is 5.81. The first-order chi connectivity index (χ1) is 25.6. The Morgan fingerprint density at radius 3 is 2.02 bits per heavy atom. The fraction of sp³-hybridized carbons (Fsp3) is 0.243. The van der Waals surface area contributed by atoms with Crippen molar-refractivity contribution in [3.05, 3.63) is 118 Å². The molecule has 0 radical (unpaired) electrons. The van der Waals surface area contributed by atoms with Crippen molar-refractivity contribution in [1.29, 1.82) is 0 Å². The van der Waals surface area contributed by atoms with E-state index in [1.807, 2.05) is 48.5 Å². The van der Waals surface area contributed by atoms with Crippen LogP contribution >= 0.6 is 0 Å². The lowest BCUT2D eigenvalue weighted by Gasteiger charge is -2.24. The number of non-ortho nitro benzene ring substituents is 1. The summed E-state index contributed by atoms with van der Waals surface area (Å²) in [4.78, 5) is 60.8. The van der Waals surface area contributed by atoms with Crippen LogP contribution in [0.5, 0.6) is 5.75 Å². The van der Waals surface area contributed by atoms with Crippen LogP contribution in [0.4, 0.5) is 21.0 Å². The standard InChI is InChI=1S/C37H36N4O12S/c1-21(2)33(40-36(44)51-20-31-29-10-6-4-8-27(29)28-9-5-7-11-30(28)31)35(43)38-22(3)34(42)39-24-13-12-23(32(18-24)54(48,49)50)19-52-37(45)53-26-16-14-25(15-17-26)41(46)47/h4-18,21-22,31,33H,19-20H2,1-3H3,(H,38,43)(H,39,42)(H,40,44)(H,48,49,50)/t22-,33-/m0/s1. The molecule has 2 atom stereocenters. The molecular weight excluding hydrogens is 724 g/mol. The molecule has 4 N–H and O–H groups in total. The van der Waals surface area contributed by atoms with Gasteiger partial charge in [0.15, 0.2) is 0 Å². The number of ether oxygens (including phenoxy) is 3. The van der Waals surface area contributed by atoms with Gasteiger partial charge in [0.25, 0.3) is 15.8 Å². The highest BCUT2D eigenvalue weighted by Gasteiger charge is 2.31. The number of nitro groups is 1. The molecular formula is C37H36N4O12S. The molecule has 0 heterocycles. The van der Waals surface area contributed by atoms with E-state index in [0.29, 0.717) is 0 Å². The Labute approximate surface area is 309 Å².